The van der Waals surface area contributed by atoms with E-state index in [4.69, 9.17) is 0 Å². The summed E-state index contributed by atoms with van der Waals surface area (Å²) in [7, 11) is 2.15. The molecule has 94 valence electrons. The third-order valence-electron chi connectivity index (χ3n) is 3.39. The van der Waals surface area contributed by atoms with E-state index in [0.29, 0.717) is 0 Å². The van der Waals surface area contributed by atoms with Crippen molar-refractivity contribution in [3.63, 3.8) is 0 Å². The summed E-state index contributed by atoms with van der Waals surface area (Å²) in [5, 5.41) is 0. The molecule has 0 aliphatic carbocycles. The number of benzene rings is 1. The van der Waals surface area contributed by atoms with Crippen LogP contribution in [0.5, 0.6) is 0 Å². The molecule has 0 amide bonds. The van der Waals surface area contributed by atoms with Gasteiger partial charge in [-0.2, -0.15) is 0 Å². The number of pyridine rings is 1. The standard InChI is InChI=1S/C16H22GeN/c1-13-9-6-7-10-14(13)16-15(17(2,3)4)11-8-12-18(16)5/h6-12H,1-5H3/q+1. The Morgan fingerprint density at radius 1 is 0.944 bits per heavy atom. The Kier molecular flexibility index (Phi) is 3.62. The summed E-state index contributed by atoms with van der Waals surface area (Å²) < 4.78 is 3.85. The molecule has 2 aromatic rings. The quantitative estimate of drug-likeness (QED) is 0.593. The maximum absolute atomic E-state index is 2.46. The van der Waals surface area contributed by atoms with Crippen molar-refractivity contribution in [2.75, 3.05) is 0 Å². The Bertz CT molecular complexity index is 568. The molecule has 0 saturated heterocycles. The molecular formula is C16H22GeN+. The van der Waals surface area contributed by atoms with Gasteiger partial charge in [0.15, 0.2) is 0 Å². The fraction of sp³-hybridized carbons (Fsp3) is 0.312. The molecule has 0 bridgehead atoms. The molecule has 0 N–H and O–H groups in total. The number of aryl methyl sites for hydroxylation is 2. The maximum atomic E-state index is 2.46. The third-order valence-corrected chi connectivity index (χ3v) is 7.63. The summed E-state index contributed by atoms with van der Waals surface area (Å²) >= 11 is -1.86. The summed E-state index contributed by atoms with van der Waals surface area (Å²) in [6, 6.07) is 13.2. The fourth-order valence-corrected chi connectivity index (χ4v) is 5.78. The first-order valence-corrected chi connectivity index (χ1v) is 13.8. The average Bonchev–Trinajstić information content (AvgIpc) is 2.29. The Hall–Kier alpha value is -1.09. The van der Waals surface area contributed by atoms with E-state index in [2.05, 4.69) is 78.4 Å². The molecule has 0 radical (unpaired) electrons. The zero-order valence-corrected chi connectivity index (χ0v) is 14.1. The van der Waals surface area contributed by atoms with Crippen LogP contribution >= 0.6 is 0 Å². The van der Waals surface area contributed by atoms with Gasteiger partial charge in [0.1, 0.15) is 0 Å². The molecule has 1 nitrogen and oxygen atoms in total. The Balaban J connectivity index is 2.75. The van der Waals surface area contributed by atoms with Crippen molar-refractivity contribution >= 4 is 17.7 Å². The van der Waals surface area contributed by atoms with Gasteiger partial charge in [-0.05, 0) is 0 Å². The van der Waals surface area contributed by atoms with Crippen LogP contribution in [0.3, 0.4) is 0 Å². The van der Waals surface area contributed by atoms with Crippen LogP contribution in [0.4, 0.5) is 0 Å². The van der Waals surface area contributed by atoms with Crippen LogP contribution in [0.2, 0.25) is 17.3 Å². The summed E-state index contributed by atoms with van der Waals surface area (Å²) in [5.41, 5.74) is 4.13. The number of hydrogen-bond acceptors (Lipinski definition) is 0. The van der Waals surface area contributed by atoms with Crippen molar-refractivity contribution < 1.29 is 4.57 Å². The molecule has 0 fully saturated rings. The van der Waals surface area contributed by atoms with Gasteiger partial charge in [-0.25, -0.2) is 0 Å². The van der Waals surface area contributed by atoms with E-state index in [1.54, 1.807) is 4.40 Å². The van der Waals surface area contributed by atoms with Crippen LogP contribution in [-0.2, 0) is 7.05 Å². The van der Waals surface area contributed by atoms with E-state index in [9.17, 15) is 0 Å². The predicted molar refractivity (Wildman–Crippen MR) is 80.8 cm³/mol. The van der Waals surface area contributed by atoms with Crippen LogP contribution in [0.1, 0.15) is 5.56 Å². The van der Waals surface area contributed by atoms with E-state index in [1.165, 1.54) is 16.8 Å². The Morgan fingerprint density at radius 2 is 1.61 bits per heavy atom. The zero-order valence-electron chi connectivity index (χ0n) is 12.0. The van der Waals surface area contributed by atoms with Gasteiger partial charge in [-0.15, -0.1) is 0 Å². The molecule has 0 saturated carbocycles. The van der Waals surface area contributed by atoms with Crippen molar-refractivity contribution in [1.29, 1.82) is 0 Å². The molecule has 1 heterocycles. The first-order chi connectivity index (χ1) is 8.41. The summed E-state index contributed by atoms with van der Waals surface area (Å²) in [6.45, 7) is 2.20. The molecule has 0 atom stereocenters. The SMILES string of the molecule is Cc1ccccc1-c1[c]([Ge]([CH3])([CH3])[CH3])ccc[n+]1C. The van der Waals surface area contributed by atoms with E-state index in [-0.39, 0.29) is 0 Å². The second kappa shape index (κ2) is 4.89. The van der Waals surface area contributed by atoms with Gasteiger partial charge in [-0.1, -0.05) is 0 Å². The minimum atomic E-state index is -1.86. The van der Waals surface area contributed by atoms with Gasteiger partial charge in [0, 0.05) is 0 Å². The third kappa shape index (κ3) is 2.51. The first-order valence-electron chi connectivity index (χ1n) is 6.46. The van der Waals surface area contributed by atoms with Gasteiger partial charge < -0.3 is 0 Å². The van der Waals surface area contributed by atoms with Crippen molar-refractivity contribution in [1.82, 2.24) is 0 Å². The number of rotatable bonds is 2. The Labute approximate surface area is 113 Å². The molecule has 1 aromatic carbocycles. The predicted octanol–water partition coefficient (Wildman–Crippen LogP) is 3.03. The molecule has 0 aliphatic heterocycles. The van der Waals surface area contributed by atoms with Crippen molar-refractivity contribution in [2.45, 2.75) is 24.2 Å². The van der Waals surface area contributed by atoms with E-state index >= 15 is 0 Å². The monoisotopic (exact) mass is 302 g/mol. The van der Waals surface area contributed by atoms with Crippen LogP contribution in [0.25, 0.3) is 11.3 Å². The van der Waals surface area contributed by atoms with Gasteiger partial charge in [0.2, 0.25) is 0 Å². The van der Waals surface area contributed by atoms with Crippen LogP contribution in [-0.4, -0.2) is 13.3 Å². The molecule has 2 rings (SSSR count). The number of nitrogens with zero attached hydrogens (tertiary/aromatic N) is 1. The zero-order chi connectivity index (χ0) is 13.3. The fourth-order valence-electron chi connectivity index (χ4n) is 2.39. The van der Waals surface area contributed by atoms with Gasteiger partial charge >= 0.3 is 113 Å². The summed E-state index contributed by atoms with van der Waals surface area (Å²) in [4.78, 5) is 0. The Morgan fingerprint density at radius 3 is 2.22 bits per heavy atom. The van der Waals surface area contributed by atoms with Gasteiger partial charge in [-0.3, -0.25) is 0 Å². The molecule has 0 spiro atoms. The first kappa shape index (κ1) is 13.3. The van der Waals surface area contributed by atoms with Crippen LogP contribution in [0.15, 0.2) is 42.6 Å². The molecular weight excluding hydrogens is 279 g/mol. The second-order valence-electron chi connectivity index (χ2n) is 5.95. The van der Waals surface area contributed by atoms with Crippen LogP contribution < -0.4 is 8.96 Å². The topological polar surface area (TPSA) is 3.88 Å². The molecule has 0 unspecified atom stereocenters. The minimum absolute atomic E-state index is 1.35. The van der Waals surface area contributed by atoms with Crippen molar-refractivity contribution in [3.05, 3.63) is 48.2 Å². The van der Waals surface area contributed by atoms with E-state index < -0.39 is 13.3 Å². The molecule has 1 aromatic heterocycles. The summed E-state index contributed by atoms with van der Waals surface area (Å²) in [5.74, 6) is 7.37. The average molecular weight is 301 g/mol. The number of hydrogen-bond donors (Lipinski definition) is 0. The van der Waals surface area contributed by atoms with Crippen molar-refractivity contribution in [2.24, 2.45) is 7.05 Å². The van der Waals surface area contributed by atoms with Crippen LogP contribution in [0, 0.1) is 6.92 Å². The van der Waals surface area contributed by atoms with Gasteiger partial charge in [0.25, 0.3) is 0 Å². The van der Waals surface area contributed by atoms with E-state index in [0.717, 1.165) is 0 Å². The van der Waals surface area contributed by atoms with Crippen molar-refractivity contribution in [3.8, 4) is 11.3 Å². The van der Waals surface area contributed by atoms with E-state index in [1.807, 2.05) is 0 Å². The van der Waals surface area contributed by atoms with Gasteiger partial charge in [0.05, 0.1) is 0 Å². The second-order valence-corrected chi connectivity index (χ2v) is 16.5. The molecule has 18 heavy (non-hydrogen) atoms. The molecule has 2 heteroatoms. The normalized spacial score (nSPS) is 11.6. The molecule has 0 aliphatic rings. The number of aromatic nitrogens is 1. The summed E-state index contributed by atoms with van der Waals surface area (Å²) in [6.07, 6.45) is 2.15.